The second-order valence-electron chi connectivity index (χ2n) is 5.20. The van der Waals surface area contributed by atoms with Crippen molar-refractivity contribution in [2.45, 2.75) is 39.2 Å². The van der Waals surface area contributed by atoms with Gasteiger partial charge >= 0.3 is 5.97 Å². The van der Waals surface area contributed by atoms with E-state index in [-0.39, 0.29) is 5.97 Å². The standard InChI is InChI=1S/C14H22N2O2/c1-3-14(7-4-8-14)10-15-9-11-5-6-12(16-11)13(17)18-2/h5-6,15-16H,3-4,7-10H2,1-2H3. The smallest absolute Gasteiger partial charge is 0.354 e. The lowest BCUT2D eigenvalue weighted by molar-refractivity contribution is 0.0594. The number of methoxy groups -OCH3 is 1. The Kier molecular flexibility index (Phi) is 4.07. The molecule has 1 aromatic heterocycles. The van der Waals surface area contributed by atoms with Gasteiger partial charge in [0, 0.05) is 18.8 Å². The highest BCUT2D eigenvalue weighted by molar-refractivity contribution is 5.87. The summed E-state index contributed by atoms with van der Waals surface area (Å²) in [5.41, 5.74) is 2.07. The van der Waals surface area contributed by atoms with E-state index in [2.05, 4.69) is 22.0 Å². The van der Waals surface area contributed by atoms with Gasteiger partial charge in [0.1, 0.15) is 5.69 Å². The summed E-state index contributed by atoms with van der Waals surface area (Å²) in [5.74, 6) is -0.315. The summed E-state index contributed by atoms with van der Waals surface area (Å²) in [4.78, 5) is 14.4. The number of hydrogen-bond acceptors (Lipinski definition) is 3. The van der Waals surface area contributed by atoms with E-state index in [1.807, 2.05) is 6.07 Å². The summed E-state index contributed by atoms with van der Waals surface area (Å²) in [6.07, 6.45) is 5.30. The highest BCUT2D eigenvalue weighted by Gasteiger charge is 2.34. The average Bonchev–Trinajstić information content (AvgIpc) is 2.80. The third-order valence-corrected chi connectivity index (χ3v) is 4.13. The third-order valence-electron chi connectivity index (χ3n) is 4.13. The molecule has 4 nitrogen and oxygen atoms in total. The second kappa shape index (κ2) is 5.57. The minimum absolute atomic E-state index is 0.315. The van der Waals surface area contributed by atoms with Crippen LogP contribution < -0.4 is 5.32 Å². The van der Waals surface area contributed by atoms with E-state index in [1.54, 1.807) is 6.07 Å². The van der Waals surface area contributed by atoms with Crippen LogP contribution in [0, 0.1) is 5.41 Å². The summed E-state index contributed by atoms with van der Waals surface area (Å²) >= 11 is 0. The van der Waals surface area contributed by atoms with E-state index in [9.17, 15) is 4.79 Å². The first-order valence-electron chi connectivity index (χ1n) is 6.66. The Labute approximate surface area is 108 Å². The van der Waals surface area contributed by atoms with E-state index in [1.165, 1.54) is 32.8 Å². The fourth-order valence-corrected chi connectivity index (χ4v) is 2.57. The van der Waals surface area contributed by atoms with Gasteiger partial charge in [0.2, 0.25) is 0 Å². The molecule has 0 saturated heterocycles. The Bertz CT molecular complexity index is 402. The number of esters is 1. The van der Waals surface area contributed by atoms with Crippen molar-refractivity contribution in [2.75, 3.05) is 13.7 Å². The molecule has 18 heavy (non-hydrogen) atoms. The molecule has 0 unspecified atom stereocenters. The molecule has 1 aliphatic carbocycles. The van der Waals surface area contributed by atoms with Crippen LogP contribution in [0.1, 0.15) is 48.8 Å². The first kappa shape index (κ1) is 13.1. The first-order valence-corrected chi connectivity index (χ1v) is 6.66. The Balaban J connectivity index is 1.80. The maximum absolute atomic E-state index is 11.3. The lowest BCUT2D eigenvalue weighted by Crippen LogP contribution is -2.39. The van der Waals surface area contributed by atoms with Gasteiger partial charge in [-0.1, -0.05) is 13.3 Å². The third kappa shape index (κ3) is 2.75. The number of ether oxygens (including phenoxy) is 1. The van der Waals surface area contributed by atoms with Crippen molar-refractivity contribution in [1.82, 2.24) is 10.3 Å². The van der Waals surface area contributed by atoms with Gasteiger partial charge in [-0.3, -0.25) is 0 Å². The van der Waals surface area contributed by atoms with Gasteiger partial charge in [-0.15, -0.1) is 0 Å². The summed E-state index contributed by atoms with van der Waals surface area (Å²) < 4.78 is 4.66. The van der Waals surface area contributed by atoms with E-state index in [0.29, 0.717) is 11.1 Å². The predicted octanol–water partition coefficient (Wildman–Crippen LogP) is 2.47. The molecule has 1 saturated carbocycles. The van der Waals surface area contributed by atoms with Crippen LogP contribution in [0.15, 0.2) is 12.1 Å². The van der Waals surface area contributed by atoms with Gasteiger partial charge in [-0.05, 0) is 36.8 Å². The normalized spacial score (nSPS) is 17.2. The Morgan fingerprint density at radius 2 is 2.28 bits per heavy atom. The number of hydrogen-bond donors (Lipinski definition) is 2. The molecule has 0 amide bonds. The van der Waals surface area contributed by atoms with Crippen molar-refractivity contribution >= 4 is 5.97 Å². The van der Waals surface area contributed by atoms with Gasteiger partial charge in [0.05, 0.1) is 7.11 Å². The van der Waals surface area contributed by atoms with Crippen LogP contribution in [0.3, 0.4) is 0 Å². The number of carbonyl (C=O) groups excluding carboxylic acids is 1. The first-order chi connectivity index (χ1) is 8.69. The number of carbonyl (C=O) groups is 1. The zero-order valence-electron chi connectivity index (χ0n) is 11.2. The molecule has 1 aromatic rings. The van der Waals surface area contributed by atoms with Crippen LogP contribution in [0.4, 0.5) is 0 Å². The molecule has 0 aromatic carbocycles. The lowest BCUT2D eigenvalue weighted by atomic mass is 9.67. The Morgan fingerprint density at radius 1 is 1.50 bits per heavy atom. The highest BCUT2D eigenvalue weighted by atomic mass is 16.5. The minimum Gasteiger partial charge on any atom is -0.464 e. The average molecular weight is 250 g/mol. The number of aromatic nitrogens is 1. The quantitative estimate of drug-likeness (QED) is 0.763. The molecule has 1 heterocycles. The molecule has 100 valence electrons. The van der Waals surface area contributed by atoms with E-state index >= 15 is 0 Å². The SMILES string of the molecule is CCC1(CNCc2ccc(C(=O)OC)[nH]2)CCC1. The molecule has 0 radical (unpaired) electrons. The molecule has 1 fully saturated rings. The molecule has 0 bridgehead atoms. The van der Waals surface area contributed by atoms with Crippen molar-refractivity contribution in [3.8, 4) is 0 Å². The number of rotatable bonds is 6. The maximum Gasteiger partial charge on any atom is 0.354 e. The number of aromatic amines is 1. The van der Waals surface area contributed by atoms with Gasteiger partial charge in [0.25, 0.3) is 0 Å². The van der Waals surface area contributed by atoms with Crippen LogP contribution in [0.2, 0.25) is 0 Å². The van der Waals surface area contributed by atoms with Gasteiger partial charge in [-0.2, -0.15) is 0 Å². The molecule has 2 rings (SSSR count). The lowest BCUT2D eigenvalue weighted by Gasteiger charge is -2.41. The second-order valence-corrected chi connectivity index (χ2v) is 5.20. The van der Waals surface area contributed by atoms with E-state index in [0.717, 1.165) is 18.8 Å². The van der Waals surface area contributed by atoms with Crippen molar-refractivity contribution in [2.24, 2.45) is 5.41 Å². The predicted molar refractivity (Wildman–Crippen MR) is 70.4 cm³/mol. The maximum atomic E-state index is 11.3. The van der Waals surface area contributed by atoms with E-state index < -0.39 is 0 Å². The van der Waals surface area contributed by atoms with Crippen molar-refractivity contribution in [3.63, 3.8) is 0 Å². The van der Waals surface area contributed by atoms with Crippen molar-refractivity contribution < 1.29 is 9.53 Å². The van der Waals surface area contributed by atoms with Gasteiger partial charge in [-0.25, -0.2) is 4.79 Å². The van der Waals surface area contributed by atoms with Gasteiger partial charge < -0.3 is 15.0 Å². The fourth-order valence-electron chi connectivity index (χ4n) is 2.57. The molecule has 0 spiro atoms. The summed E-state index contributed by atoms with van der Waals surface area (Å²) in [6.45, 7) is 4.11. The van der Waals surface area contributed by atoms with E-state index in [4.69, 9.17) is 0 Å². The van der Waals surface area contributed by atoms with Crippen LogP contribution in [-0.4, -0.2) is 24.6 Å². The largest absolute Gasteiger partial charge is 0.464 e. The van der Waals surface area contributed by atoms with Crippen LogP contribution in [0.5, 0.6) is 0 Å². The zero-order valence-corrected chi connectivity index (χ0v) is 11.2. The summed E-state index contributed by atoms with van der Waals surface area (Å²) in [7, 11) is 1.39. The summed E-state index contributed by atoms with van der Waals surface area (Å²) in [5, 5.41) is 3.48. The molecular weight excluding hydrogens is 228 g/mol. The molecule has 0 atom stereocenters. The fraction of sp³-hybridized carbons (Fsp3) is 0.643. The Hall–Kier alpha value is -1.29. The van der Waals surface area contributed by atoms with Crippen LogP contribution >= 0.6 is 0 Å². The van der Waals surface area contributed by atoms with Crippen molar-refractivity contribution in [3.05, 3.63) is 23.5 Å². The topological polar surface area (TPSA) is 54.1 Å². The minimum atomic E-state index is -0.315. The van der Waals surface area contributed by atoms with Crippen molar-refractivity contribution in [1.29, 1.82) is 0 Å². The molecule has 0 aliphatic heterocycles. The molecular formula is C14H22N2O2. The highest BCUT2D eigenvalue weighted by Crippen LogP contribution is 2.43. The molecule has 1 aliphatic rings. The molecule has 4 heteroatoms. The molecule has 2 N–H and O–H groups in total. The monoisotopic (exact) mass is 250 g/mol. The van der Waals surface area contributed by atoms with Crippen LogP contribution in [-0.2, 0) is 11.3 Å². The zero-order chi connectivity index (χ0) is 13.0. The van der Waals surface area contributed by atoms with Crippen LogP contribution in [0.25, 0.3) is 0 Å². The number of nitrogens with one attached hydrogen (secondary N) is 2. The number of H-pyrrole nitrogens is 1. The Morgan fingerprint density at radius 3 is 2.83 bits per heavy atom. The summed E-state index contributed by atoms with van der Waals surface area (Å²) in [6, 6.07) is 3.69. The van der Waals surface area contributed by atoms with Gasteiger partial charge in [0.15, 0.2) is 0 Å².